The molecule has 7 heteroatoms. The number of hydrogen-bond acceptors (Lipinski definition) is 5. The van der Waals surface area contributed by atoms with E-state index in [0.717, 1.165) is 39.3 Å². The first-order chi connectivity index (χ1) is 15.6. The third-order valence-electron chi connectivity index (χ3n) is 5.58. The van der Waals surface area contributed by atoms with Crippen LogP contribution < -0.4 is 15.8 Å². The molecule has 0 aliphatic carbocycles. The van der Waals surface area contributed by atoms with Gasteiger partial charge in [-0.2, -0.15) is 0 Å². The molecule has 0 bridgehead atoms. The number of benzene rings is 2. The fourth-order valence-electron chi connectivity index (χ4n) is 4.12. The molecular weight excluding hydrogens is 402 g/mol. The number of anilines is 1. The summed E-state index contributed by atoms with van der Waals surface area (Å²) < 4.78 is 7.95. The lowest BCUT2D eigenvalue weighted by atomic mass is 9.97. The van der Waals surface area contributed by atoms with Crippen molar-refractivity contribution in [3.8, 4) is 22.6 Å². The minimum atomic E-state index is -0.254. The predicted molar refractivity (Wildman–Crippen MR) is 125 cm³/mol. The second-order valence-corrected chi connectivity index (χ2v) is 7.52. The van der Waals surface area contributed by atoms with Crippen molar-refractivity contribution in [1.82, 2.24) is 19.9 Å². The van der Waals surface area contributed by atoms with Crippen molar-refractivity contribution in [2.45, 2.75) is 12.6 Å². The van der Waals surface area contributed by atoms with E-state index in [-0.39, 0.29) is 11.9 Å². The molecule has 158 valence electrons. The predicted octanol–water partition coefficient (Wildman–Crippen LogP) is 4.17. The average Bonchev–Trinajstić information content (AvgIpc) is 3.30. The van der Waals surface area contributed by atoms with E-state index in [0.29, 0.717) is 18.0 Å². The normalized spacial score (nSPS) is 14.9. The molecule has 0 spiro atoms. The maximum atomic E-state index is 11.9. The summed E-state index contributed by atoms with van der Waals surface area (Å²) >= 11 is 0. The molecule has 1 aliphatic heterocycles. The van der Waals surface area contributed by atoms with Crippen molar-refractivity contribution in [2.75, 3.05) is 5.73 Å². The summed E-state index contributed by atoms with van der Waals surface area (Å²) in [5.41, 5.74) is 10.5. The van der Waals surface area contributed by atoms with Crippen LogP contribution in [-0.2, 0) is 11.3 Å². The second-order valence-electron chi connectivity index (χ2n) is 7.52. The second kappa shape index (κ2) is 7.70. The first kappa shape index (κ1) is 19.6. The van der Waals surface area contributed by atoms with Crippen LogP contribution in [0, 0.1) is 0 Å². The van der Waals surface area contributed by atoms with Crippen LogP contribution in [0.15, 0.2) is 80.2 Å². The molecule has 5 rings (SSSR count). The van der Waals surface area contributed by atoms with E-state index in [1.807, 2.05) is 59.2 Å². The molecule has 32 heavy (non-hydrogen) atoms. The maximum absolute atomic E-state index is 11.9. The molecule has 4 aromatic rings. The van der Waals surface area contributed by atoms with Gasteiger partial charge < -0.3 is 20.4 Å². The van der Waals surface area contributed by atoms with Crippen molar-refractivity contribution in [1.29, 1.82) is 0 Å². The molecule has 0 saturated carbocycles. The molecule has 1 amide bonds. The molecule has 1 atom stereocenters. The summed E-state index contributed by atoms with van der Waals surface area (Å²) in [6.07, 6.45) is 2.70. The Morgan fingerprint density at radius 3 is 2.56 bits per heavy atom. The number of carbonyl (C=O) groups excluding carboxylic acids is 1. The number of rotatable bonds is 5. The number of nitrogens with zero attached hydrogens (tertiary/aromatic N) is 3. The highest BCUT2D eigenvalue weighted by molar-refractivity contribution is 6.07. The Bertz CT molecular complexity index is 1360. The molecule has 2 aromatic carbocycles. The number of nitrogens with one attached hydrogen (secondary N) is 1. The van der Waals surface area contributed by atoms with Gasteiger partial charge in [-0.25, -0.2) is 9.97 Å². The van der Waals surface area contributed by atoms with E-state index >= 15 is 0 Å². The minimum Gasteiger partial charge on any atom is -0.457 e. The monoisotopic (exact) mass is 423 g/mol. The Hall–Kier alpha value is -4.39. The Labute approximate surface area is 184 Å². The molecule has 1 aliphatic rings. The number of aromatic nitrogens is 3. The van der Waals surface area contributed by atoms with E-state index in [9.17, 15) is 4.79 Å². The molecule has 7 nitrogen and oxygen atoms in total. The van der Waals surface area contributed by atoms with E-state index in [2.05, 4.69) is 28.4 Å². The highest BCUT2D eigenvalue weighted by atomic mass is 16.5. The zero-order chi connectivity index (χ0) is 22.2. The lowest BCUT2D eigenvalue weighted by Crippen LogP contribution is -2.33. The minimum absolute atomic E-state index is 0.246. The Morgan fingerprint density at radius 2 is 1.84 bits per heavy atom. The van der Waals surface area contributed by atoms with Crippen LogP contribution >= 0.6 is 0 Å². The fraction of sp³-hybridized carbons (Fsp3) is 0.0800. The SMILES string of the molecule is C=CC(=O)NC1Cn2c(c(-c3ccc(Oc4ccccc4)cc3)c3c(N)ncnc32)C1=C. The van der Waals surface area contributed by atoms with Gasteiger partial charge in [-0.05, 0) is 41.5 Å². The fourth-order valence-corrected chi connectivity index (χ4v) is 4.12. The van der Waals surface area contributed by atoms with Crippen LogP contribution in [0.25, 0.3) is 27.7 Å². The number of para-hydroxylation sites is 1. The van der Waals surface area contributed by atoms with Gasteiger partial charge in [0.2, 0.25) is 5.91 Å². The van der Waals surface area contributed by atoms with Gasteiger partial charge in [0.1, 0.15) is 29.3 Å². The number of carbonyl (C=O) groups is 1. The highest BCUT2D eigenvalue weighted by Gasteiger charge is 2.33. The van der Waals surface area contributed by atoms with Gasteiger partial charge in [-0.15, -0.1) is 0 Å². The molecular formula is C25H21N5O2. The van der Waals surface area contributed by atoms with Crippen molar-refractivity contribution in [2.24, 2.45) is 0 Å². The zero-order valence-electron chi connectivity index (χ0n) is 17.3. The Kier molecular flexibility index (Phi) is 4.71. The number of nitrogen functional groups attached to an aromatic ring is 1. The van der Waals surface area contributed by atoms with Crippen molar-refractivity contribution >= 4 is 28.3 Å². The Balaban J connectivity index is 1.58. The van der Waals surface area contributed by atoms with Crippen LogP contribution in [0.2, 0.25) is 0 Å². The quantitative estimate of drug-likeness (QED) is 0.470. The van der Waals surface area contributed by atoms with Crippen molar-refractivity contribution < 1.29 is 9.53 Å². The van der Waals surface area contributed by atoms with Crippen molar-refractivity contribution in [3.63, 3.8) is 0 Å². The molecule has 0 saturated heterocycles. The maximum Gasteiger partial charge on any atom is 0.243 e. The summed E-state index contributed by atoms with van der Waals surface area (Å²) in [5, 5.41) is 3.71. The lowest BCUT2D eigenvalue weighted by molar-refractivity contribution is -0.116. The molecule has 0 fully saturated rings. The van der Waals surface area contributed by atoms with E-state index in [1.165, 1.54) is 12.4 Å². The molecule has 3 heterocycles. The van der Waals surface area contributed by atoms with Crippen LogP contribution in [0.5, 0.6) is 11.5 Å². The van der Waals surface area contributed by atoms with Crippen LogP contribution in [0.1, 0.15) is 5.69 Å². The van der Waals surface area contributed by atoms with Crippen LogP contribution in [-0.4, -0.2) is 26.5 Å². The molecule has 1 unspecified atom stereocenters. The smallest absolute Gasteiger partial charge is 0.243 e. The number of fused-ring (bicyclic) bond motifs is 3. The van der Waals surface area contributed by atoms with Gasteiger partial charge in [-0.1, -0.05) is 43.5 Å². The van der Waals surface area contributed by atoms with Gasteiger partial charge in [0.25, 0.3) is 0 Å². The van der Waals surface area contributed by atoms with E-state index in [1.54, 1.807) is 0 Å². The van der Waals surface area contributed by atoms with Gasteiger partial charge in [0.15, 0.2) is 0 Å². The topological polar surface area (TPSA) is 95.1 Å². The molecule has 2 aromatic heterocycles. The number of ether oxygens (including phenoxy) is 1. The first-order valence-corrected chi connectivity index (χ1v) is 10.1. The largest absolute Gasteiger partial charge is 0.457 e. The summed E-state index contributed by atoms with van der Waals surface area (Å²) in [4.78, 5) is 20.6. The van der Waals surface area contributed by atoms with E-state index in [4.69, 9.17) is 10.5 Å². The third-order valence-corrected chi connectivity index (χ3v) is 5.58. The summed E-state index contributed by atoms with van der Waals surface area (Å²) in [5.74, 6) is 1.64. The first-order valence-electron chi connectivity index (χ1n) is 10.1. The van der Waals surface area contributed by atoms with Crippen LogP contribution in [0.4, 0.5) is 5.82 Å². The number of nitrogens with two attached hydrogens (primary N) is 1. The number of amides is 1. The van der Waals surface area contributed by atoms with Gasteiger partial charge in [-0.3, -0.25) is 4.79 Å². The molecule has 0 radical (unpaired) electrons. The van der Waals surface area contributed by atoms with Gasteiger partial charge in [0.05, 0.1) is 17.1 Å². The summed E-state index contributed by atoms with van der Waals surface area (Å²) in [6.45, 7) is 8.31. The standard InChI is InChI=1S/C25H21N5O2/c1-3-20(31)29-19-13-30-23(15(19)2)21(22-24(26)27-14-28-25(22)30)16-9-11-18(12-10-16)32-17-7-5-4-6-8-17/h3-12,14,19H,1-2,13H2,(H,29,31)(H2,26,27,28). The van der Waals surface area contributed by atoms with Gasteiger partial charge in [0, 0.05) is 12.1 Å². The summed E-state index contributed by atoms with van der Waals surface area (Å²) in [7, 11) is 0. The zero-order valence-corrected chi connectivity index (χ0v) is 17.3. The summed E-state index contributed by atoms with van der Waals surface area (Å²) in [6, 6.07) is 17.1. The molecule has 3 N–H and O–H groups in total. The van der Waals surface area contributed by atoms with Crippen molar-refractivity contribution in [3.05, 3.63) is 85.9 Å². The number of hydrogen-bond donors (Lipinski definition) is 2. The highest BCUT2D eigenvalue weighted by Crippen LogP contribution is 2.44. The van der Waals surface area contributed by atoms with Crippen LogP contribution in [0.3, 0.4) is 0 Å². The average molecular weight is 423 g/mol. The third kappa shape index (κ3) is 3.20. The van der Waals surface area contributed by atoms with E-state index < -0.39 is 0 Å². The Morgan fingerprint density at radius 1 is 1.12 bits per heavy atom. The lowest BCUT2D eigenvalue weighted by Gasteiger charge is -2.13. The van der Waals surface area contributed by atoms with Gasteiger partial charge >= 0.3 is 0 Å².